The summed E-state index contributed by atoms with van der Waals surface area (Å²) in [5.74, 6) is 6.56. The molecule has 0 atom stereocenters. The molecule has 6 rings (SSSR count). The molecule has 6 heterocycles. The smallest absolute Gasteiger partial charge is 0.221 e. The van der Waals surface area contributed by atoms with Gasteiger partial charge in [-0.3, -0.25) is 19.2 Å². The van der Waals surface area contributed by atoms with E-state index < -0.39 is 0 Å². The molecule has 422 valence electrons. The van der Waals surface area contributed by atoms with Crippen LogP contribution in [0.1, 0.15) is 213 Å². The molecule has 0 saturated carbocycles. The second-order valence-corrected chi connectivity index (χ2v) is 24.2. The molecule has 0 spiro atoms. The van der Waals surface area contributed by atoms with Crippen LogP contribution in [-0.4, -0.2) is 161 Å². The van der Waals surface area contributed by atoms with E-state index in [0.29, 0.717) is 63.2 Å². The summed E-state index contributed by atoms with van der Waals surface area (Å²) in [6.45, 7) is 23.8. The predicted molar refractivity (Wildman–Crippen MR) is 303 cm³/mol. The molecule has 12 nitrogen and oxygen atoms in total. The lowest BCUT2D eigenvalue weighted by molar-refractivity contribution is -0.122. The SMILES string of the molecule is CCC(=O)NCCCNC(=O)CCN1CCC(CCCC2CCN(CCC(=O)CCCCCC(=O)CCN3CCC(CCCC4CCNCC4)CC3)CC2)CC1.CCN1CCC(CCCC2CCNCC2)CC1. The number of hydrogen-bond acceptors (Lipinski definition) is 10. The summed E-state index contributed by atoms with van der Waals surface area (Å²) in [4.78, 5) is 58.7. The quantitative estimate of drug-likeness (QED) is 0.0472. The Hall–Kier alpha value is -1.96. The Kier molecular flexibility index (Phi) is 32.7. The minimum atomic E-state index is 0.0598. The molecule has 0 aliphatic carbocycles. The van der Waals surface area contributed by atoms with Crippen LogP contribution in [0.2, 0.25) is 0 Å². The van der Waals surface area contributed by atoms with Crippen LogP contribution in [0.3, 0.4) is 0 Å². The Morgan fingerprint density at radius 2 is 0.699 bits per heavy atom. The lowest BCUT2D eigenvalue weighted by Gasteiger charge is -2.33. The maximum absolute atomic E-state index is 12.6. The summed E-state index contributed by atoms with van der Waals surface area (Å²) in [7, 11) is 0. The van der Waals surface area contributed by atoms with Crippen molar-refractivity contribution in [2.75, 3.05) is 118 Å². The first-order valence-electron chi connectivity index (χ1n) is 31.6. The number of unbranched alkanes of at least 4 members (excludes halogenated alkanes) is 2. The zero-order chi connectivity index (χ0) is 51.6. The second-order valence-electron chi connectivity index (χ2n) is 24.2. The van der Waals surface area contributed by atoms with Crippen LogP contribution < -0.4 is 21.3 Å². The molecule has 6 aliphatic rings. The van der Waals surface area contributed by atoms with Crippen molar-refractivity contribution in [1.29, 1.82) is 0 Å². The number of carbonyl (C=O) groups excluding carboxylic acids is 4. The van der Waals surface area contributed by atoms with Gasteiger partial charge in [0, 0.05) is 71.2 Å². The molecule has 4 N–H and O–H groups in total. The van der Waals surface area contributed by atoms with Crippen molar-refractivity contribution in [2.24, 2.45) is 35.5 Å². The number of ketones is 2. The van der Waals surface area contributed by atoms with Gasteiger partial charge in [0.1, 0.15) is 11.6 Å². The Bertz CT molecular complexity index is 1440. The fraction of sp³-hybridized carbons (Fsp3) is 0.934. The molecule has 0 aromatic heterocycles. The number of likely N-dealkylation sites (tertiary alicyclic amines) is 4. The van der Waals surface area contributed by atoms with Gasteiger partial charge >= 0.3 is 0 Å². The molecule has 12 heteroatoms. The molecule has 0 radical (unpaired) electrons. The molecular formula is C61H114N8O4. The number of rotatable bonds is 33. The van der Waals surface area contributed by atoms with E-state index in [-0.39, 0.29) is 11.8 Å². The third-order valence-corrected chi connectivity index (χ3v) is 18.7. The molecular weight excluding hydrogens is 909 g/mol. The summed E-state index contributed by atoms with van der Waals surface area (Å²) < 4.78 is 0. The minimum Gasteiger partial charge on any atom is -0.356 e. The number of nitrogens with zero attached hydrogens (tertiary/aromatic N) is 4. The molecule has 2 amide bonds. The predicted octanol–water partition coefficient (Wildman–Crippen LogP) is 9.64. The van der Waals surface area contributed by atoms with E-state index in [1.807, 2.05) is 6.92 Å². The van der Waals surface area contributed by atoms with Crippen LogP contribution in [0.25, 0.3) is 0 Å². The summed E-state index contributed by atoms with van der Waals surface area (Å²) in [6, 6.07) is 0. The fourth-order valence-corrected chi connectivity index (χ4v) is 13.2. The van der Waals surface area contributed by atoms with Gasteiger partial charge in [0.25, 0.3) is 0 Å². The van der Waals surface area contributed by atoms with Gasteiger partial charge in [-0.05, 0) is 217 Å². The van der Waals surface area contributed by atoms with Gasteiger partial charge in [0.15, 0.2) is 0 Å². The first-order chi connectivity index (χ1) is 35.7. The van der Waals surface area contributed by atoms with E-state index in [4.69, 9.17) is 0 Å². The highest BCUT2D eigenvalue weighted by Crippen LogP contribution is 2.30. The Labute approximate surface area is 447 Å². The third kappa shape index (κ3) is 28.3. The lowest BCUT2D eigenvalue weighted by Crippen LogP contribution is -2.37. The topological polar surface area (TPSA) is 129 Å². The van der Waals surface area contributed by atoms with Gasteiger partial charge in [0.05, 0.1) is 0 Å². The van der Waals surface area contributed by atoms with Gasteiger partial charge in [-0.25, -0.2) is 0 Å². The summed E-state index contributed by atoms with van der Waals surface area (Å²) >= 11 is 0. The normalized spacial score (nSPS) is 21.5. The van der Waals surface area contributed by atoms with Crippen LogP contribution >= 0.6 is 0 Å². The third-order valence-electron chi connectivity index (χ3n) is 18.7. The zero-order valence-electron chi connectivity index (χ0n) is 47.5. The van der Waals surface area contributed by atoms with Crippen molar-refractivity contribution >= 4 is 23.4 Å². The molecule has 0 unspecified atom stereocenters. The van der Waals surface area contributed by atoms with E-state index in [9.17, 15) is 19.2 Å². The molecule has 6 saturated heterocycles. The highest BCUT2D eigenvalue weighted by molar-refractivity contribution is 5.79. The zero-order valence-corrected chi connectivity index (χ0v) is 47.5. The van der Waals surface area contributed by atoms with Gasteiger partial charge in [-0.1, -0.05) is 78.1 Å². The van der Waals surface area contributed by atoms with E-state index in [2.05, 4.69) is 47.8 Å². The van der Waals surface area contributed by atoms with Crippen molar-refractivity contribution in [3.63, 3.8) is 0 Å². The van der Waals surface area contributed by atoms with Crippen LogP contribution in [0.4, 0.5) is 0 Å². The summed E-state index contributed by atoms with van der Waals surface area (Å²) in [5, 5.41) is 12.8. The molecule has 6 fully saturated rings. The molecule has 0 bridgehead atoms. The maximum atomic E-state index is 12.6. The van der Waals surface area contributed by atoms with Crippen molar-refractivity contribution in [1.82, 2.24) is 40.9 Å². The highest BCUT2D eigenvalue weighted by atomic mass is 16.2. The molecule has 0 aromatic rings. The monoisotopic (exact) mass is 1020 g/mol. The standard InChI is InChI=1S/C46H84N6O4.C15H30N2/c1-2-45(55)48-26-8-27-49-46(56)25-38-52-34-21-42(22-35-52)12-7-11-41-19-32-51(33-20-41)37-24-44(54)14-5-3-4-13-43(53)23-36-50-30-17-40(18-31-50)10-6-9-39-15-28-47-29-16-39;1-2-17-12-8-15(9-13-17)5-3-4-14-6-10-16-11-7-14/h39-42,47H,2-38H2,1H3,(H,48,55)(H,49,56);14-16H,2-13H2,1H3. The highest BCUT2D eigenvalue weighted by Gasteiger charge is 2.24. The van der Waals surface area contributed by atoms with E-state index >= 15 is 0 Å². The summed E-state index contributed by atoms with van der Waals surface area (Å²) in [6.07, 6.45) is 36.3. The van der Waals surface area contributed by atoms with Crippen molar-refractivity contribution in [3.8, 4) is 0 Å². The van der Waals surface area contributed by atoms with E-state index in [0.717, 1.165) is 107 Å². The average molecular weight is 1020 g/mol. The van der Waals surface area contributed by atoms with Gasteiger partial charge in [0.2, 0.25) is 11.8 Å². The number of hydrogen-bond donors (Lipinski definition) is 4. The molecule has 6 aliphatic heterocycles. The Morgan fingerprint density at radius 1 is 0.370 bits per heavy atom. The first kappa shape index (κ1) is 61.9. The van der Waals surface area contributed by atoms with Crippen LogP contribution in [0.5, 0.6) is 0 Å². The number of carbonyl (C=O) groups is 4. The van der Waals surface area contributed by atoms with Crippen molar-refractivity contribution in [2.45, 2.75) is 213 Å². The van der Waals surface area contributed by atoms with Crippen LogP contribution in [0, 0.1) is 35.5 Å². The fourth-order valence-electron chi connectivity index (χ4n) is 13.2. The first-order valence-corrected chi connectivity index (χ1v) is 31.6. The van der Waals surface area contributed by atoms with Crippen LogP contribution in [0.15, 0.2) is 0 Å². The summed E-state index contributed by atoms with van der Waals surface area (Å²) in [5.41, 5.74) is 0. The van der Waals surface area contributed by atoms with Gasteiger partial charge in [-0.2, -0.15) is 0 Å². The van der Waals surface area contributed by atoms with Crippen molar-refractivity contribution < 1.29 is 19.2 Å². The number of Topliss-reactive ketones (excluding diaryl/α,β-unsaturated/α-hetero) is 2. The number of nitrogens with one attached hydrogen (secondary N) is 4. The number of amides is 2. The largest absolute Gasteiger partial charge is 0.356 e. The van der Waals surface area contributed by atoms with Gasteiger partial charge in [-0.15, -0.1) is 0 Å². The van der Waals surface area contributed by atoms with E-state index in [1.54, 1.807) is 0 Å². The Morgan fingerprint density at radius 3 is 1.05 bits per heavy atom. The lowest BCUT2D eigenvalue weighted by atomic mass is 9.87. The van der Waals surface area contributed by atoms with Crippen molar-refractivity contribution in [3.05, 3.63) is 0 Å². The molecule has 73 heavy (non-hydrogen) atoms. The van der Waals surface area contributed by atoms with E-state index in [1.165, 1.54) is 194 Å². The van der Waals surface area contributed by atoms with Gasteiger partial charge < -0.3 is 40.9 Å². The van der Waals surface area contributed by atoms with Crippen LogP contribution in [-0.2, 0) is 19.2 Å². The number of piperidine rings is 6. The second kappa shape index (κ2) is 38.6. The average Bonchev–Trinajstić information content (AvgIpc) is 3.43. The maximum Gasteiger partial charge on any atom is 0.221 e. The Balaban J connectivity index is 0.000000487. The minimum absolute atomic E-state index is 0.0598. The molecule has 0 aromatic carbocycles.